The summed E-state index contributed by atoms with van der Waals surface area (Å²) in [6, 6.07) is 5.41. The van der Waals surface area contributed by atoms with Gasteiger partial charge in [-0.05, 0) is 69.5 Å². The van der Waals surface area contributed by atoms with Crippen LogP contribution in [0.15, 0.2) is 18.2 Å². The van der Waals surface area contributed by atoms with Crippen molar-refractivity contribution in [3.63, 3.8) is 0 Å². The van der Waals surface area contributed by atoms with E-state index in [1.165, 1.54) is 6.42 Å². The number of rotatable bonds is 6. The molecule has 1 aliphatic rings. The number of amides is 1. The summed E-state index contributed by atoms with van der Waals surface area (Å²) in [5.41, 5.74) is 0.940. The van der Waals surface area contributed by atoms with Gasteiger partial charge in [-0.2, -0.15) is 0 Å². The Morgan fingerprint density at radius 1 is 1.55 bits per heavy atom. The molecule has 1 amide bonds. The lowest BCUT2D eigenvalue weighted by molar-refractivity contribution is -0.127. The van der Waals surface area contributed by atoms with E-state index in [2.05, 4.69) is 10.6 Å². The topological polar surface area (TPSA) is 50.4 Å². The van der Waals surface area contributed by atoms with E-state index in [4.69, 9.17) is 16.3 Å². The number of benzene rings is 1. The second-order valence-corrected chi connectivity index (χ2v) is 6.02. The zero-order valence-corrected chi connectivity index (χ0v) is 14.6. The minimum Gasteiger partial charge on any atom is -0.481 e. The SMILES string of the molecule is Cc1cc(OC(C)C(=O)NCCC2CCNC2)ccc1Cl.Cl. The fourth-order valence-electron chi connectivity index (χ4n) is 2.45. The highest BCUT2D eigenvalue weighted by atomic mass is 35.5. The van der Waals surface area contributed by atoms with Gasteiger partial charge in [0.1, 0.15) is 5.75 Å². The normalized spacial score (nSPS) is 18.4. The molecule has 0 radical (unpaired) electrons. The molecule has 0 saturated carbocycles. The van der Waals surface area contributed by atoms with Crippen molar-refractivity contribution in [3.05, 3.63) is 28.8 Å². The van der Waals surface area contributed by atoms with E-state index < -0.39 is 6.10 Å². The predicted molar refractivity (Wildman–Crippen MR) is 92.1 cm³/mol. The molecule has 0 bridgehead atoms. The number of carbonyl (C=O) groups excluding carboxylic acids is 1. The zero-order chi connectivity index (χ0) is 15.2. The zero-order valence-electron chi connectivity index (χ0n) is 13.0. The van der Waals surface area contributed by atoms with Gasteiger partial charge >= 0.3 is 0 Å². The van der Waals surface area contributed by atoms with E-state index in [-0.39, 0.29) is 18.3 Å². The molecule has 22 heavy (non-hydrogen) atoms. The molecule has 4 nitrogen and oxygen atoms in total. The molecule has 1 aliphatic heterocycles. The number of nitrogens with one attached hydrogen (secondary N) is 2. The second kappa shape index (κ2) is 9.23. The molecule has 0 aliphatic carbocycles. The van der Waals surface area contributed by atoms with Crippen LogP contribution in [0.2, 0.25) is 5.02 Å². The smallest absolute Gasteiger partial charge is 0.260 e. The monoisotopic (exact) mass is 346 g/mol. The molecule has 2 N–H and O–H groups in total. The number of carbonyl (C=O) groups is 1. The molecule has 1 fully saturated rings. The summed E-state index contributed by atoms with van der Waals surface area (Å²) in [7, 11) is 0. The Hall–Kier alpha value is -0.970. The number of halogens is 2. The molecule has 1 aromatic carbocycles. The van der Waals surface area contributed by atoms with Gasteiger partial charge in [0.2, 0.25) is 0 Å². The Bertz CT molecular complexity index is 491. The van der Waals surface area contributed by atoms with Crippen molar-refractivity contribution in [3.8, 4) is 5.75 Å². The number of aryl methyl sites for hydroxylation is 1. The summed E-state index contributed by atoms with van der Waals surface area (Å²) in [5.74, 6) is 1.27. The fraction of sp³-hybridized carbons (Fsp3) is 0.562. The maximum atomic E-state index is 12.0. The Morgan fingerprint density at radius 3 is 2.95 bits per heavy atom. The van der Waals surface area contributed by atoms with Crippen molar-refractivity contribution in [2.24, 2.45) is 5.92 Å². The van der Waals surface area contributed by atoms with Crippen LogP contribution in [-0.2, 0) is 4.79 Å². The van der Waals surface area contributed by atoms with Gasteiger partial charge in [-0.3, -0.25) is 4.79 Å². The van der Waals surface area contributed by atoms with Crippen LogP contribution in [0.25, 0.3) is 0 Å². The van der Waals surface area contributed by atoms with Gasteiger partial charge in [0.15, 0.2) is 6.10 Å². The lowest BCUT2D eigenvalue weighted by Crippen LogP contribution is -2.37. The third-order valence-corrected chi connectivity index (χ3v) is 4.25. The Kier molecular flexibility index (Phi) is 8.01. The molecule has 2 unspecified atom stereocenters. The molecule has 0 spiro atoms. The van der Waals surface area contributed by atoms with Gasteiger partial charge in [-0.1, -0.05) is 11.6 Å². The summed E-state index contributed by atoms with van der Waals surface area (Å²) in [5, 5.41) is 6.96. The molecular formula is C16H24Cl2N2O2. The molecule has 124 valence electrons. The van der Waals surface area contributed by atoms with Gasteiger partial charge in [0, 0.05) is 11.6 Å². The molecule has 1 aromatic rings. The molecule has 2 rings (SSSR count). The predicted octanol–water partition coefficient (Wildman–Crippen LogP) is 2.95. The van der Waals surface area contributed by atoms with Crippen LogP contribution in [0.3, 0.4) is 0 Å². The lowest BCUT2D eigenvalue weighted by Gasteiger charge is -2.16. The van der Waals surface area contributed by atoms with Crippen LogP contribution in [-0.4, -0.2) is 31.6 Å². The minimum atomic E-state index is -0.507. The molecular weight excluding hydrogens is 323 g/mol. The standard InChI is InChI=1S/C16H23ClN2O2.ClH/c1-11-9-14(3-4-15(11)17)21-12(2)16(20)19-8-6-13-5-7-18-10-13;/h3-4,9,12-13,18H,5-8,10H2,1-2H3,(H,19,20);1H. The minimum absolute atomic E-state index is 0. The summed E-state index contributed by atoms with van der Waals surface area (Å²) in [4.78, 5) is 12.0. The Morgan fingerprint density at radius 2 is 2.32 bits per heavy atom. The molecule has 6 heteroatoms. The van der Waals surface area contributed by atoms with Crippen molar-refractivity contribution in [1.82, 2.24) is 10.6 Å². The van der Waals surface area contributed by atoms with E-state index in [0.717, 1.165) is 25.1 Å². The quantitative estimate of drug-likeness (QED) is 0.832. The van der Waals surface area contributed by atoms with Crippen LogP contribution in [0.1, 0.15) is 25.3 Å². The van der Waals surface area contributed by atoms with Crippen LogP contribution in [0, 0.1) is 12.8 Å². The van der Waals surface area contributed by atoms with Gasteiger partial charge in [-0.25, -0.2) is 0 Å². The number of ether oxygens (including phenoxy) is 1. The van der Waals surface area contributed by atoms with E-state index >= 15 is 0 Å². The first-order chi connectivity index (χ1) is 10.1. The van der Waals surface area contributed by atoms with Crippen molar-refractivity contribution >= 4 is 29.9 Å². The van der Waals surface area contributed by atoms with Crippen LogP contribution >= 0.6 is 24.0 Å². The maximum Gasteiger partial charge on any atom is 0.260 e. The summed E-state index contributed by atoms with van der Waals surface area (Å²) in [6.45, 7) is 6.53. The van der Waals surface area contributed by atoms with Gasteiger partial charge in [0.05, 0.1) is 0 Å². The third-order valence-electron chi connectivity index (χ3n) is 3.83. The lowest BCUT2D eigenvalue weighted by atomic mass is 10.1. The first kappa shape index (κ1) is 19.1. The first-order valence-electron chi connectivity index (χ1n) is 7.47. The largest absolute Gasteiger partial charge is 0.481 e. The van der Waals surface area contributed by atoms with E-state index in [0.29, 0.717) is 23.2 Å². The maximum absolute atomic E-state index is 12.0. The van der Waals surface area contributed by atoms with Crippen molar-refractivity contribution in [2.45, 2.75) is 32.8 Å². The average Bonchev–Trinajstić information content (AvgIpc) is 2.96. The average molecular weight is 347 g/mol. The van der Waals surface area contributed by atoms with E-state index in [9.17, 15) is 4.79 Å². The highest BCUT2D eigenvalue weighted by Crippen LogP contribution is 2.21. The van der Waals surface area contributed by atoms with Crippen LogP contribution in [0.4, 0.5) is 0 Å². The van der Waals surface area contributed by atoms with Gasteiger partial charge < -0.3 is 15.4 Å². The van der Waals surface area contributed by atoms with Crippen LogP contribution in [0.5, 0.6) is 5.75 Å². The summed E-state index contributed by atoms with van der Waals surface area (Å²) in [6.07, 6.45) is 1.71. The van der Waals surface area contributed by atoms with E-state index in [1.54, 1.807) is 19.1 Å². The molecule has 2 atom stereocenters. The second-order valence-electron chi connectivity index (χ2n) is 5.61. The van der Waals surface area contributed by atoms with Crippen molar-refractivity contribution < 1.29 is 9.53 Å². The molecule has 1 saturated heterocycles. The first-order valence-corrected chi connectivity index (χ1v) is 7.85. The summed E-state index contributed by atoms with van der Waals surface area (Å²) < 4.78 is 5.65. The number of hydrogen-bond donors (Lipinski definition) is 2. The Balaban J connectivity index is 0.00000242. The summed E-state index contributed by atoms with van der Waals surface area (Å²) >= 11 is 5.97. The van der Waals surface area contributed by atoms with Crippen molar-refractivity contribution in [2.75, 3.05) is 19.6 Å². The van der Waals surface area contributed by atoms with Crippen molar-refractivity contribution in [1.29, 1.82) is 0 Å². The number of hydrogen-bond acceptors (Lipinski definition) is 3. The highest BCUT2D eigenvalue weighted by Gasteiger charge is 2.17. The van der Waals surface area contributed by atoms with E-state index in [1.807, 2.05) is 13.0 Å². The Labute approximate surface area is 143 Å². The highest BCUT2D eigenvalue weighted by molar-refractivity contribution is 6.31. The van der Waals surface area contributed by atoms with Crippen LogP contribution < -0.4 is 15.4 Å². The third kappa shape index (κ3) is 5.67. The molecule has 0 aromatic heterocycles. The fourth-order valence-corrected chi connectivity index (χ4v) is 2.57. The van der Waals surface area contributed by atoms with Gasteiger partial charge in [0.25, 0.3) is 5.91 Å². The molecule has 1 heterocycles. The van der Waals surface area contributed by atoms with Gasteiger partial charge in [-0.15, -0.1) is 12.4 Å².